The van der Waals surface area contributed by atoms with Gasteiger partial charge in [0.2, 0.25) is 0 Å². The number of rotatable bonds is 5. The van der Waals surface area contributed by atoms with Crippen LogP contribution in [0.25, 0.3) is 10.9 Å². The highest BCUT2D eigenvalue weighted by Crippen LogP contribution is 2.41. The molecule has 2 aromatic rings. The number of hydrogen-bond donors (Lipinski definition) is 2. The minimum atomic E-state index is -0.578. The second kappa shape index (κ2) is 6.15. The van der Waals surface area contributed by atoms with Gasteiger partial charge in [-0.3, -0.25) is 4.98 Å². The summed E-state index contributed by atoms with van der Waals surface area (Å²) in [5.74, 6) is 1.05. The van der Waals surface area contributed by atoms with Crippen molar-refractivity contribution < 1.29 is 5.11 Å². The lowest BCUT2D eigenvalue weighted by atomic mass is 9.79. The van der Waals surface area contributed by atoms with Crippen LogP contribution in [0, 0.1) is 0 Å². The molecule has 1 aromatic heterocycles. The van der Waals surface area contributed by atoms with E-state index in [4.69, 9.17) is 0 Å². The van der Waals surface area contributed by atoms with Crippen molar-refractivity contribution >= 4 is 44.3 Å². The van der Waals surface area contributed by atoms with Crippen molar-refractivity contribution in [2.75, 3.05) is 17.6 Å². The van der Waals surface area contributed by atoms with Gasteiger partial charge < -0.3 is 10.4 Å². The Balaban J connectivity index is 1.77. The largest absolute Gasteiger partial charge is 0.387 e. The second-order valence-corrected chi connectivity index (χ2v) is 7.86. The third kappa shape index (κ3) is 3.05. The number of thioether (sulfide) groups is 1. The summed E-state index contributed by atoms with van der Waals surface area (Å²) in [4.78, 5) is 4.39. The summed E-state index contributed by atoms with van der Waals surface area (Å²) in [6, 6.07) is 8.05. The van der Waals surface area contributed by atoms with E-state index in [2.05, 4.69) is 39.2 Å². The fourth-order valence-electron chi connectivity index (χ4n) is 2.76. The summed E-state index contributed by atoms with van der Waals surface area (Å²) in [6.07, 6.45) is 3.80. The highest BCUT2D eigenvalue weighted by atomic mass is 79.9. The third-order valence-corrected chi connectivity index (χ3v) is 6.00. The molecule has 3 nitrogen and oxygen atoms in total. The first kappa shape index (κ1) is 15.1. The maximum absolute atomic E-state index is 10.7. The van der Waals surface area contributed by atoms with Crippen molar-refractivity contribution in [1.82, 2.24) is 4.98 Å². The van der Waals surface area contributed by atoms with Gasteiger partial charge in [0.1, 0.15) is 0 Å². The van der Waals surface area contributed by atoms with E-state index in [1.165, 1.54) is 0 Å². The van der Waals surface area contributed by atoms with Crippen molar-refractivity contribution in [3.05, 3.63) is 34.9 Å². The normalized spacial score (nSPS) is 24.8. The van der Waals surface area contributed by atoms with Crippen LogP contribution < -0.4 is 5.32 Å². The Hall–Kier alpha value is -0.780. The maximum atomic E-state index is 10.7. The van der Waals surface area contributed by atoms with Crippen LogP contribution in [0.3, 0.4) is 0 Å². The van der Waals surface area contributed by atoms with Gasteiger partial charge in [-0.2, -0.15) is 11.8 Å². The highest BCUT2D eigenvalue weighted by molar-refractivity contribution is 9.10. The lowest BCUT2D eigenvalue weighted by molar-refractivity contribution is -0.0119. The van der Waals surface area contributed by atoms with Gasteiger partial charge >= 0.3 is 0 Å². The fraction of sp³-hybridized carbons (Fsp3) is 0.438. The minimum absolute atomic E-state index is 0.359. The number of pyridine rings is 1. The zero-order valence-corrected chi connectivity index (χ0v) is 14.4. The SMILES string of the molecule is CCSC1CCC1(O)CNc1ccnc2cc(Br)ccc12. The van der Waals surface area contributed by atoms with Crippen molar-refractivity contribution in [3.63, 3.8) is 0 Å². The first-order chi connectivity index (χ1) is 10.1. The van der Waals surface area contributed by atoms with E-state index in [1.807, 2.05) is 30.0 Å². The van der Waals surface area contributed by atoms with E-state index in [0.717, 1.165) is 39.7 Å². The average molecular weight is 367 g/mol. The molecular weight excluding hydrogens is 348 g/mol. The van der Waals surface area contributed by atoms with E-state index in [0.29, 0.717) is 11.8 Å². The number of fused-ring (bicyclic) bond motifs is 1. The van der Waals surface area contributed by atoms with Gasteiger partial charge in [0.25, 0.3) is 0 Å². The van der Waals surface area contributed by atoms with Gasteiger partial charge in [-0.15, -0.1) is 0 Å². The van der Waals surface area contributed by atoms with Crippen LogP contribution in [0.4, 0.5) is 5.69 Å². The van der Waals surface area contributed by atoms with Gasteiger partial charge in [0.15, 0.2) is 0 Å². The summed E-state index contributed by atoms with van der Waals surface area (Å²) >= 11 is 5.33. The summed E-state index contributed by atoms with van der Waals surface area (Å²) in [6.45, 7) is 2.74. The Morgan fingerprint density at radius 1 is 1.48 bits per heavy atom. The molecule has 2 unspecified atom stereocenters. The zero-order valence-electron chi connectivity index (χ0n) is 12.0. The molecule has 0 radical (unpaired) electrons. The predicted molar refractivity (Wildman–Crippen MR) is 94.0 cm³/mol. The Bertz CT molecular complexity index is 651. The standard InChI is InChI=1S/C16H19BrN2OS/c1-2-21-15-5-7-16(15,20)10-19-13-6-8-18-14-9-11(17)3-4-12(13)14/h3-4,6,8-9,15,20H,2,5,7,10H2,1H3,(H,18,19). The maximum Gasteiger partial charge on any atom is 0.0937 e. The van der Waals surface area contributed by atoms with Gasteiger partial charge in [0, 0.05) is 33.5 Å². The molecule has 1 aliphatic carbocycles. The summed E-state index contributed by atoms with van der Waals surface area (Å²) in [5.41, 5.74) is 1.41. The molecule has 0 spiro atoms. The Morgan fingerprint density at radius 3 is 3.05 bits per heavy atom. The van der Waals surface area contributed by atoms with E-state index < -0.39 is 5.60 Å². The molecule has 5 heteroatoms. The van der Waals surface area contributed by atoms with E-state index in [9.17, 15) is 5.11 Å². The van der Waals surface area contributed by atoms with Gasteiger partial charge in [0.05, 0.1) is 11.1 Å². The molecule has 0 aliphatic heterocycles. The van der Waals surface area contributed by atoms with Crippen LogP contribution in [0.1, 0.15) is 19.8 Å². The van der Waals surface area contributed by atoms with Crippen LogP contribution in [-0.4, -0.2) is 33.2 Å². The first-order valence-corrected chi connectivity index (χ1v) is 9.09. The smallest absolute Gasteiger partial charge is 0.0937 e. The lowest BCUT2D eigenvalue weighted by Gasteiger charge is -2.45. The number of aromatic nitrogens is 1. The molecule has 21 heavy (non-hydrogen) atoms. The van der Waals surface area contributed by atoms with Crippen LogP contribution in [-0.2, 0) is 0 Å². The molecule has 1 saturated carbocycles. The highest BCUT2D eigenvalue weighted by Gasteiger charge is 2.44. The third-order valence-electron chi connectivity index (χ3n) is 4.10. The number of halogens is 1. The Morgan fingerprint density at radius 2 is 2.33 bits per heavy atom. The second-order valence-electron chi connectivity index (χ2n) is 5.46. The molecule has 0 amide bonds. The van der Waals surface area contributed by atoms with Crippen LogP contribution in [0.2, 0.25) is 0 Å². The monoisotopic (exact) mass is 366 g/mol. The Kier molecular flexibility index (Phi) is 4.43. The van der Waals surface area contributed by atoms with Crippen molar-refractivity contribution in [2.24, 2.45) is 0 Å². The number of nitrogens with zero attached hydrogens (tertiary/aromatic N) is 1. The van der Waals surface area contributed by atoms with E-state index in [-0.39, 0.29) is 0 Å². The lowest BCUT2D eigenvalue weighted by Crippen LogP contribution is -2.54. The van der Waals surface area contributed by atoms with Gasteiger partial charge in [-0.05, 0) is 42.9 Å². The fourth-order valence-corrected chi connectivity index (χ4v) is 4.31. The predicted octanol–water partition coefficient (Wildman–Crippen LogP) is 4.06. The van der Waals surface area contributed by atoms with Gasteiger partial charge in [-0.1, -0.05) is 22.9 Å². The number of anilines is 1. The average Bonchev–Trinajstić information content (AvgIpc) is 2.48. The topological polar surface area (TPSA) is 45.1 Å². The summed E-state index contributed by atoms with van der Waals surface area (Å²) in [7, 11) is 0. The molecule has 112 valence electrons. The number of aliphatic hydroxyl groups is 1. The number of nitrogens with one attached hydrogen (secondary N) is 1. The van der Waals surface area contributed by atoms with Crippen LogP contribution >= 0.6 is 27.7 Å². The molecule has 1 aromatic carbocycles. The van der Waals surface area contributed by atoms with Crippen molar-refractivity contribution in [1.29, 1.82) is 0 Å². The molecule has 3 rings (SSSR count). The molecule has 1 fully saturated rings. The summed E-state index contributed by atoms with van der Waals surface area (Å²) in [5, 5.41) is 15.5. The number of hydrogen-bond acceptors (Lipinski definition) is 4. The molecule has 2 N–H and O–H groups in total. The molecule has 0 saturated heterocycles. The van der Waals surface area contributed by atoms with Crippen LogP contribution in [0.5, 0.6) is 0 Å². The Labute approximate surface area is 137 Å². The van der Waals surface area contributed by atoms with Crippen molar-refractivity contribution in [2.45, 2.75) is 30.6 Å². The van der Waals surface area contributed by atoms with E-state index >= 15 is 0 Å². The van der Waals surface area contributed by atoms with Gasteiger partial charge in [-0.25, -0.2) is 0 Å². The summed E-state index contributed by atoms with van der Waals surface area (Å²) < 4.78 is 1.02. The zero-order chi connectivity index (χ0) is 14.9. The van der Waals surface area contributed by atoms with Crippen LogP contribution in [0.15, 0.2) is 34.9 Å². The minimum Gasteiger partial charge on any atom is -0.387 e. The van der Waals surface area contributed by atoms with Crippen molar-refractivity contribution in [3.8, 4) is 0 Å². The number of benzene rings is 1. The quantitative estimate of drug-likeness (QED) is 0.837. The first-order valence-electron chi connectivity index (χ1n) is 7.24. The molecule has 1 heterocycles. The van der Waals surface area contributed by atoms with E-state index in [1.54, 1.807) is 6.20 Å². The molecule has 2 atom stereocenters. The molecule has 0 bridgehead atoms. The molecular formula is C16H19BrN2OS. The molecule has 1 aliphatic rings.